The number of hydrogen-bond acceptors (Lipinski definition) is 4. The number of nitrogens with zero attached hydrogens (tertiary/aromatic N) is 2. The fraction of sp³-hybridized carbons (Fsp3) is 0.529. The van der Waals surface area contributed by atoms with Crippen molar-refractivity contribution < 1.29 is 14.7 Å². The second-order valence-corrected chi connectivity index (χ2v) is 6.62. The third-order valence-electron chi connectivity index (χ3n) is 4.29. The van der Waals surface area contributed by atoms with Crippen LogP contribution in [0.3, 0.4) is 0 Å². The largest absolute Gasteiger partial charge is 0.481 e. The molecule has 1 aliphatic heterocycles. The highest BCUT2D eigenvalue weighted by atomic mass is 35.5. The molecule has 0 spiro atoms. The first-order valence-electron chi connectivity index (χ1n) is 8.09. The van der Waals surface area contributed by atoms with E-state index in [0.717, 1.165) is 31.7 Å². The van der Waals surface area contributed by atoms with Gasteiger partial charge in [-0.2, -0.15) is 0 Å². The highest BCUT2D eigenvalue weighted by Crippen LogP contribution is 2.15. The SMILES string of the molecule is CN1CCN(CC(CC(=O)NCc2ccccc2Cl)C(=O)O)CC1. The molecule has 2 N–H and O–H groups in total. The summed E-state index contributed by atoms with van der Waals surface area (Å²) in [7, 11) is 2.05. The van der Waals surface area contributed by atoms with Crippen LogP contribution < -0.4 is 5.32 Å². The van der Waals surface area contributed by atoms with E-state index in [1.807, 2.05) is 25.2 Å². The number of benzene rings is 1. The topological polar surface area (TPSA) is 72.9 Å². The summed E-state index contributed by atoms with van der Waals surface area (Å²) >= 11 is 6.05. The molecule has 1 saturated heterocycles. The molecule has 0 aromatic heterocycles. The van der Waals surface area contributed by atoms with E-state index in [4.69, 9.17) is 11.6 Å². The van der Waals surface area contributed by atoms with Crippen LogP contribution in [0.2, 0.25) is 5.02 Å². The summed E-state index contributed by atoms with van der Waals surface area (Å²) in [4.78, 5) is 27.9. The summed E-state index contributed by atoms with van der Waals surface area (Å²) in [5, 5.41) is 12.7. The first kappa shape index (κ1) is 18.7. The monoisotopic (exact) mass is 353 g/mol. The van der Waals surface area contributed by atoms with E-state index in [1.165, 1.54) is 0 Å². The molecule has 1 atom stereocenters. The lowest BCUT2D eigenvalue weighted by Gasteiger charge is -2.33. The van der Waals surface area contributed by atoms with E-state index < -0.39 is 11.9 Å². The Kier molecular flexibility index (Phi) is 7.02. The number of amides is 1. The minimum absolute atomic E-state index is 0.0217. The lowest BCUT2D eigenvalue weighted by molar-refractivity contribution is -0.145. The summed E-state index contributed by atoms with van der Waals surface area (Å²) in [6, 6.07) is 7.27. The van der Waals surface area contributed by atoms with Crippen LogP contribution >= 0.6 is 11.6 Å². The maximum atomic E-state index is 12.1. The Balaban J connectivity index is 1.82. The van der Waals surface area contributed by atoms with Gasteiger partial charge in [0.1, 0.15) is 0 Å². The van der Waals surface area contributed by atoms with Crippen molar-refractivity contribution in [3.63, 3.8) is 0 Å². The fourth-order valence-corrected chi connectivity index (χ4v) is 2.91. The van der Waals surface area contributed by atoms with Gasteiger partial charge in [0.15, 0.2) is 0 Å². The third kappa shape index (κ3) is 5.78. The van der Waals surface area contributed by atoms with Gasteiger partial charge < -0.3 is 15.3 Å². The molecule has 1 amide bonds. The van der Waals surface area contributed by atoms with Crippen LogP contribution in [0, 0.1) is 5.92 Å². The van der Waals surface area contributed by atoms with Crippen molar-refractivity contribution in [3.8, 4) is 0 Å². The minimum Gasteiger partial charge on any atom is -0.481 e. The number of likely N-dealkylation sites (N-methyl/N-ethyl adjacent to an activating group) is 1. The molecule has 1 unspecified atom stereocenters. The minimum atomic E-state index is -0.929. The number of piperazine rings is 1. The summed E-state index contributed by atoms with van der Waals surface area (Å²) in [6.45, 7) is 4.22. The van der Waals surface area contributed by atoms with Gasteiger partial charge in [0.05, 0.1) is 5.92 Å². The zero-order valence-corrected chi connectivity index (χ0v) is 14.6. The van der Waals surface area contributed by atoms with Crippen molar-refractivity contribution >= 4 is 23.5 Å². The van der Waals surface area contributed by atoms with E-state index >= 15 is 0 Å². The predicted octanol–water partition coefficient (Wildman–Crippen LogP) is 1.29. The molecule has 1 aliphatic rings. The molecule has 0 bridgehead atoms. The highest BCUT2D eigenvalue weighted by molar-refractivity contribution is 6.31. The van der Waals surface area contributed by atoms with E-state index in [1.54, 1.807) is 6.07 Å². The molecule has 1 aromatic carbocycles. The Morgan fingerprint density at radius 3 is 2.54 bits per heavy atom. The number of carbonyl (C=O) groups is 2. The summed E-state index contributed by atoms with van der Waals surface area (Å²) in [5.74, 6) is -1.89. The standard InChI is InChI=1S/C17H24ClN3O3/c1-20-6-8-21(9-7-20)12-14(17(23)24)10-16(22)19-11-13-4-2-3-5-15(13)18/h2-5,14H,6-12H2,1H3,(H,19,22)(H,23,24). The number of nitrogens with one attached hydrogen (secondary N) is 1. The average molecular weight is 354 g/mol. The molecule has 0 aliphatic carbocycles. The van der Waals surface area contributed by atoms with Gasteiger partial charge in [-0.3, -0.25) is 14.5 Å². The molecule has 1 aromatic rings. The number of halogens is 1. The molecular formula is C17H24ClN3O3. The Bertz CT molecular complexity index is 574. The number of rotatable bonds is 7. The van der Waals surface area contributed by atoms with Crippen LogP contribution in [0.25, 0.3) is 0 Å². The Morgan fingerprint density at radius 2 is 1.92 bits per heavy atom. The first-order chi connectivity index (χ1) is 11.5. The van der Waals surface area contributed by atoms with Crippen molar-refractivity contribution in [2.75, 3.05) is 39.8 Å². The smallest absolute Gasteiger partial charge is 0.308 e. The number of carboxylic acid groups (broad SMARTS) is 1. The molecule has 0 radical (unpaired) electrons. The van der Waals surface area contributed by atoms with Gasteiger partial charge in [-0.05, 0) is 18.7 Å². The third-order valence-corrected chi connectivity index (χ3v) is 4.66. The van der Waals surface area contributed by atoms with Gasteiger partial charge in [0.25, 0.3) is 0 Å². The summed E-state index contributed by atoms with van der Waals surface area (Å²) in [6.07, 6.45) is -0.0217. The number of hydrogen-bond donors (Lipinski definition) is 2. The van der Waals surface area contributed by atoms with Crippen molar-refractivity contribution in [2.45, 2.75) is 13.0 Å². The van der Waals surface area contributed by atoms with Crippen LogP contribution in [-0.4, -0.2) is 66.6 Å². The van der Waals surface area contributed by atoms with Crippen LogP contribution in [0.15, 0.2) is 24.3 Å². The summed E-state index contributed by atoms with van der Waals surface area (Å²) in [5.41, 5.74) is 0.818. The van der Waals surface area contributed by atoms with Gasteiger partial charge in [0.2, 0.25) is 5.91 Å². The molecule has 6 nitrogen and oxygen atoms in total. The number of aliphatic carboxylic acids is 1. The molecule has 24 heavy (non-hydrogen) atoms. The lowest BCUT2D eigenvalue weighted by Crippen LogP contribution is -2.47. The maximum absolute atomic E-state index is 12.1. The van der Waals surface area contributed by atoms with Crippen molar-refractivity contribution in [2.24, 2.45) is 5.92 Å². The Labute approximate surface area is 147 Å². The van der Waals surface area contributed by atoms with Crippen LogP contribution in [-0.2, 0) is 16.1 Å². The quantitative estimate of drug-likeness (QED) is 0.773. The van der Waals surface area contributed by atoms with Gasteiger partial charge in [-0.25, -0.2) is 0 Å². The van der Waals surface area contributed by atoms with Gasteiger partial charge in [-0.15, -0.1) is 0 Å². The second-order valence-electron chi connectivity index (χ2n) is 6.21. The van der Waals surface area contributed by atoms with E-state index in [-0.39, 0.29) is 12.3 Å². The molecular weight excluding hydrogens is 330 g/mol. The van der Waals surface area contributed by atoms with Crippen molar-refractivity contribution in [3.05, 3.63) is 34.9 Å². The molecule has 7 heteroatoms. The molecule has 0 saturated carbocycles. The molecule has 1 fully saturated rings. The molecule has 132 valence electrons. The van der Waals surface area contributed by atoms with E-state index in [9.17, 15) is 14.7 Å². The van der Waals surface area contributed by atoms with Crippen LogP contribution in [0.4, 0.5) is 0 Å². The van der Waals surface area contributed by atoms with Crippen molar-refractivity contribution in [1.82, 2.24) is 15.1 Å². The molecule has 1 heterocycles. The van der Waals surface area contributed by atoms with E-state index in [2.05, 4.69) is 15.1 Å². The zero-order valence-electron chi connectivity index (χ0n) is 13.9. The maximum Gasteiger partial charge on any atom is 0.308 e. The first-order valence-corrected chi connectivity index (χ1v) is 8.47. The zero-order chi connectivity index (χ0) is 17.5. The Morgan fingerprint density at radius 1 is 1.25 bits per heavy atom. The fourth-order valence-electron chi connectivity index (χ4n) is 2.70. The van der Waals surface area contributed by atoms with Crippen LogP contribution in [0.1, 0.15) is 12.0 Å². The van der Waals surface area contributed by atoms with Gasteiger partial charge in [0, 0.05) is 50.7 Å². The normalized spacial score (nSPS) is 17.4. The lowest BCUT2D eigenvalue weighted by atomic mass is 10.0. The molecule has 2 rings (SSSR count). The van der Waals surface area contributed by atoms with Crippen LogP contribution in [0.5, 0.6) is 0 Å². The van der Waals surface area contributed by atoms with E-state index in [0.29, 0.717) is 18.1 Å². The number of carboxylic acids is 1. The number of carbonyl (C=O) groups excluding carboxylic acids is 1. The average Bonchev–Trinajstić information content (AvgIpc) is 2.55. The van der Waals surface area contributed by atoms with Crippen molar-refractivity contribution in [1.29, 1.82) is 0 Å². The summed E-state index contributed by atoms with van der Waals surface area (Å²) < 4.78 is 0. The Hall–Kier alpha value is -1.63. The van der Waals surface area contributed by atoms with Gasteiger partial charge in [-0.1, -0.05) is 29.8 Å². The van der Waals surface area contributed by atoms with Gasteiger partial charge >= 0.3 is 5.97 Å². The highest BCUT2D eigenvalue weighted by Gasteiger charge is 2.25. The predicted molar refractivity (Wildman–Crippen MR) is 93.0 cm³/mol. The second kappa shape index (κ2) is 9.01.